The highest BCUT2D eigenvalue weighted by Crippen LogP contribution is 2.28. The largest absolute Gasteiger partial charge is 0.487 e. The van der Waals surface area contributed by atoms with Gasteiger partial charge in [0, 0.05) is 5.56 Å². The number of aliphatic hydroxyl groups excluding tert-OH is 1. The summed E-state index contributed by atoms with van der Waals surface area (Å²) < 4.78 is 5.64. The second-order valence-corrected chi connectivity index (χ2v) is 4.83. The first-order valence-corrected chi connectivity index (χ1v) is 6.58. The molecule has 20 heavy (non-hydrogen) atoms. The van der Waals surface area contributed by atoms with Gasteiger partial charge in [-0.25, -0.2) is 0 Å². The monoisotopic (exact) mass is 287 g/mol. The first kappa shape index (κ1) is 14.4. The molecule has 3 nitrogen and oxygen atoms in total. The SMILES string of the molecule is C[C@@H](O)c1ccc(OCc2ccccc2C#N)c(Cl)c1. The van der Waals surface area contributed by atoms with Gasteiger partial charge in [0.1, 0.15) is 12.4 Å². The number of ether oxygens (including phenoxy) is 1. The Hall–Kier alpha value is -2.02. The van der Waals surface area contributed by atoms with E-state index < -0.39 is 6.10 Å². The number of aliphatic hydroxyl groups is 1. The highest BCUT2D eigenvalue weighted by molar-refractivity contribution is 6.32. The normalized spacial score (nSPS) is 11.7. The summed E-state index contributed by atoms with van der Waals surface area (Å²) in [5.41, 5.74) is 2.13. The van der Waals surface area contributed by atoms with E-state index in [1.54, 1.807) is 31.2 Å². The molecule has 2 aromatic carbocycles. The van der Waals surface area contributed by atoms with Crippen LogP contribution >= 0.6 is 11.6 Å². The molecule has 0 spiro atoms. The molecule has 0 saturated carbocycles. The summed E-state index contributed by atoms with van der Waals surface area (Å²) in [6, 6.07) is 14.6. The van der Waals surface area contributed by atoms with E-state index in [0.717, 1.165) is 11.1 Å². The average molecular weight is 288 g/mol. The van der Waals surface area contributed by atoms with E-state index in [4.69, 9.17) is 21.6 Å². The van der Waals surface area contributed by atoms with E-state index in [1.807, 2.05) is 18.2 Å². The third kappa shape index (κ3) is 3.30. The lowest BCUT2D eigenvalue weighted by molar-refractivity contribution is 0.199. The third-order valence-electron chi connectivity index (χ3n) is 2.96. The molecule has 4 heteroatoms. The van der Waals surface area contributed by atoms with Gasteiger partial charge in [0.25, 0.3) is 0 Å². The fourth-order valence-electron chi connectivity index (χ4n) is 1.80. The van der Waals surface area contributed by atoms with Crippen molar-refractivity contribution >= 4 is 11.6 Å². The van der Waals surface area contributed by atoms with Crippen LogP contribution < -0.4 is 4.74 Å². The van der Waals surface area contributed by atoms with Crippen molar-refractivity contribution in [3.8, 4) is 11.8 Å². The predicted octanol–water partition coefficient (Wildman–Crippen LogP) is 3.84. The Morgan fingerprint density at radius 2 is 2.05 bits per heavy atom. The van der Waals surface area contributed by atoms with Crippen molar-refractivity contribution in [1.29, 1.82) is 5.26 Å². The Balaban J connectivity index is 2.14. The quantitative estimate of drug-likeness (QED) is 0.929. The lowest BCUT2D eigenvalue weighted by Gasteiger charge is -2.11. The second kappa shape index (κ2) is 6.42. The molecule has 102 valence electrons. The minimum atomic E-state index is -0.569. The maximum atomic E-state index is 9.48. The van der Waals surface area contributed by atoms with Crippen LogP contribution in [0.25, 0.3) is 0 Å². The van der Waals surface area contributed by atoms with Crippen molar-refractivity contribution in [3.05, 3.63) is 64.2 Å². The summed E-state index contributed by atoms with van der Waals surface area (Å²) in [6.07, 6.45) is -0.569. The molecule has 0 unspecified atom stereocenters. The standard InChI is InChI=1S/C16H14ClNO2/c1-11(19)12-6-7-16(15(17)8-12)20-10-14-5-3-2-4-13(14)9-18/h2-8,11,19H,10H2,1H3/t11-/m1/s1. The molecule has 0 aromatic heterocycles. The Morgan fingerprint density at radius 1 is 1.30 bits per heavy atom. The molecular weight excluding hydrogens is 274 g/mol. The van der Waals surface area contributed by atoms with Crippen LogP contribution in [0.2, 0.25) is 5.02 Å². The molecule has 0 aliphatic rings. The average Bonchev–Trinajstić information content (AvgIpc) is 2.46. The van der Waals surface area contributed by atoms with Gasteiger partial charge in [0.2, 0.25) is 0 Å². The van der Waals surface area contributed by atoms with Crippen LogP contribution in [-0.4, -0.2) is 5.11 Å². The minimum absolute atomic E-state index is 0.275. The number of benzene rings is 2. The number of hydrogen-bond acceptors (Lipinski definition) is 3. The van der Waals surface area contributed by atoms with Crippen molar-refractivity contribution in [2.24, 2.45) is 0 Å². The Bertz CT molecular complexity index is 647. The second-order valence-electron chi connectivity index (χ2n) is 4.42. The smallest absolute Gasteiger partial charge is 0.138 e. The molecule has 0 heterocycles. The zero-order valence-electron chi connectivity index (χ0n) is 11.0. The van der Waals surface area contributed by atoms with Crippen LogP contribution in [0.1, 0.15) is 29.7 Å². The fraction of sp³-hybridized carbons (Fsp3) is 0.188. The van der Waals surface area contributed by atoms with Crippen LogP contribution in [0.4, 0.5) is 0 Å². The summed E-state index contributed by atoms with van der Waals surface area (Å²) in [7, 11) is 0. The summed E-state index contributed by atoms with van der Waals surface area (Å²) in [6.45, 7) is 1.95. The van der Waals surface area contributed by atoms with E-state index in [9.17, 15) is 5.11 Å². The fourth-order valence-corrected chi connectivity index (χ4v) is 2.05. The van der Waals surface area contributed by atoms with Crippen LogP contribution in [0.15, 0.2) is 42.5 Å². The summed E-state index contributed by atoms with van der Waals surface area (Å²) in [5, 5.41) is 18.9. The van der Waals surface area contributed by atoms with E-state index >= 15 is 0 Å². The Morgan fingerprint density at radius 3 is 2.70 bits per heavy atom. The Kier molecular flexibility index (Phi) is 4.62. The first-order valence-electron chi connectivity index (χ1n) is 6.20. The predicted molar refractivity (Wildman–Crippen MR) is 77.6 cm³/mol. The van der Waals surface area contributed by atoms with Crippen LogP contribution in [0.5, 0.6) is 5.75 Å². The Labute approximate surface area is 123 Å². The zero-order chi connectivity index (χ0) is 14.5. The molecular formula is C16H14ClNO2. The van der Waals surface area contributed by atoms with Gasteiger partial charge in [0.05, 0.1) is 22.8 Å². The molecule has 2 rings (SSSR count). The molecule has 2 aromatic rings. The number of hydrogen-bond donors (Lipinski definition) is 1. The van der Waals surface area contributed by atoms with Crippen LogP contribution in [0, 0.1) is 11.3 Å². The first-order chi connectivity index (χ1) is 9.61. The lowest BCUT2D eigenvalue weighted by Crippen LogP contribution is -1.99. The number of rotatable bonds is 4. The summed E-state index contributed by atoms with van der Waals surface area (Å²) in [5.74, 6) is 0.531. The topological polar surface area (TPSA) is 53.2 Å². The molecule has 1 atom stereocenters. The number of nitrogens with zero attached hydrogens (tertiary/aromatic N) is 1. The minimum Gasteiger partial charge on any atom is -0.487 e. The van der Waals surface area contributed by atoms with Gasteiger partial charge >= 0.3 is 0 Å². The molecule has 0 saturated heterocycles. The highest BCUT2D eigenvalue weighted by Gasteiger charge is 2.08. The van der Waals surface area contributed by atoms with Crippen molar-refractivity contribution in [2.45, 2.75) is 19.6 Å². The third-order valence-corrected chi connectivity index (χ3v) is 3.25. The summed E-state index contributed by atoms with van der Waals surface area (Å²) >= 11 is 6.11. The maximum Gasteiger partial charge on any atom is 0.138 e. The molecule has 0 fully saturated rings. The molecule has 0 bridgehead atoms. The van der Waals surface area contributed by atoms with Gasteiger partial charge in [-0.1, -0.05) is 35.9 Å². The van der Waals surface area contributed by atoms with Gasteiger partial charge in [-0.3, -0.25) is 0 Å². The van der Waals surface area contributed by atoms with Crippen molar-refractivity contribution in [2.75, 3.05) is 0 Å². The van der Waals surface area contributed by atoms with Gasteiger partial charge in [-0.05, 0) is 30.7 Å². The molecule has 0 amide bonds. The van der Waals surface area contributed by atoms with Crippen molar-refractivity contribution in [1.82, 2.24) is 0 Å². The molecule has 1 N–H and O–H groups in total. The van der Waals surface area contributed by atoms with Crippen molar-refractivity contribution < 1.29 is 9.84 Å². The highest BCUT2D eigenvalue weighted by atomic mass is 35.5. The van der Waals surface area contributed by atoms with Gasteiger partial charge in [-0.15, -0.1) is 0 Å². The van der Waals surface area contributed by atoms with E-state index in [2.05, 4.69) is 6.07 Å². The number of nitriles is 1. The summed E-state index contributed by atoms with van der Waals surface area (Å²) in [4.78, 5) is 0. The van der Waals surface area contributed by atoms with Gasteiger partial charge < -0.3 is 9.84 Å². The molecule has 0 aliphatic heterocycles. The van der Waals surface area contributed by atoms with E-state index in [0.29, 0.717) is 16.3 Å². The van der Waals surface area contributed by atoms with E-state index in [-0.39, 0.29) is 6.61 Å². The number of halogens is 1. The van der Waals surface area contributed by atoms with Gasteiger partial charge in [-0.2, -0.15) is 5.26 Å². The van der Waals surface area contributed by atoms with E-state index in [1.165, 1.54) is 0 Å². The van der Waals surface area contributed by atoms with Crippen LogP contribution in [0.3, 0.4) is 0 Å². The molecule has 0 aliphatic carbocycles. The molecule has 0 radical (unpaired) electrons. The zero-order valence-corrected chi connectivity index (χ0v) is 11.8. The van der Waals surface area contributed by atoms with Gasteiger partial charge in [0.15, 0.2) is 0 Å². The lowest BCUT2D eigenvalue weighted by atomic mass is 10.1. The van der Waals surface area contributed by atoms with Crippen LogP contribution in [-0.2, 0) is 6.61 Å². The maximum absolute atomic E-state index is 9.48. The van der Waals surface area contributed by atoms with Crippen molar-refractivity contribution in [3.63, 3.8) is 0 Å².